The molecular weight excluding hydrogens is 333 g/mol. The first-order valence-corrected chi connectivity index (χ1v) is 8.62. The summed E-state index contributed by atoms with van der Waals surface area (Å²) in [5, 5.41) is 0. The summed E-state index contributed by atoms with van der Waals surface area (Å²) in [5.41, 5.74) is 1.92. The van der Waals surface area contributed by atoms with Gasteiger partial charge >= 0.3 is 0 Å². The van der Waals surface area contributed by atoms with Gasteiger partial charge in [-0.3, -0.25) is 9.78 Å². The molecule has 0 radical (unpaired) electrons. The zero-order chi connectivity index (χ0) is 17.9. The van der Waals surface area contributed by atoms with Gasteiger partial charge in [-0.2, -0.15) is 0 Å². The molecule has 2 aromatic heterocycles. The summed E-state index contributed by atoms with van der Waals surface area (Å²) in [5.74, 6) is 0.298. The number of fused-ring (bicyclic) bond motifs is 1. The van der Waals surface area contributed by atoms with Crippen LogP contribution in [-0.4, -0.2) is 40.0 Å². The zero-order valence-electron chi connectivity index (χ0n) is 14.1. The number of nitrogens with zero attached hydrogens (tertiary/aromatic N) is 3. The van der Waals surface area contributed by atoms with E-state index in [-0.39, 0.29) is 17.8 Å². The maximum absolute atomic E-state index is 13.0. The SMILES string of the molecule is O=C(c1ccc2ncccc2n1)N1CCC(Oc2ccc(F)cc2)CC1. The minimum atomic E-state index is -0.282. The Balaban J connectivity index is 1.38. The number of piperidine rings is 1. The summed E-state index contributed by atoms with van der Waals surface area (Å²) in [6.07, 6.45) is 3.20. The van der Waals surface area contributed by atoms with E-state index in [0.717, 1.165) is 18.4 Å². The number of pyridine rings is 2. The lowest BCUT2D eigenvalue weighted by Gasteiger charge is -2.32. The molecule has 0 unspecified atom stereocenters. The second-order valence-corrected chi connectivity index (χ2v) is 6.30. The Bertz CT molecular complexity index is 922. The topological polar surface area (TPSA) is 55.3 Å². The van der Waals surface area contributed by atoms with Crippen LogP contribution in [0.15, 0.2) is 54.7 Å². The van der Waals surface area contributed by atoms with Gasteiger partial charge in [0.1, 0.15) is 23.4 Å². The van der Waals surface area contributed by atoms with Gasteiger partial charge in [-0.1, -0.05) is 0 Å². The van der Waals surface area contributed by atoms with Crippen LogP contribution in [0.5, 0.6) is 5.75 Å². The first-order valence-electron chi connectivity index (χ1n) is 8.62. The summed E-state index contributed by atoms with van der Waals surface area (Å²) in [4.78, 5) is 23.2. The third kappa shape index (κ3) is 3.49. The molecule has 1 aliphatic rings. The van der Waals surface area contributed by atoms with Gasteiger partial charge in [-0.25, -0.2) is 9.37 Å². The van der Waals surface area contributed by atoms with E-state index in [1.165, 1.54) is 12.1 Å². The summed E-state index contributed by atoms with van der Waals surface area (Å²) in [6.45, 7) is 1.22. The molecule has 1 aliphatic heterocycles. The van der Waals surface area contributed by atoms with Gasteiger partial charge in [0.15, 0.2) is 0 Å². The van der Waals surface area contributed by atoms with Gasteiger partial charge in [0.2, 0.25) is 0 Å². The molecule has 0 spiro atoms. The summed E-state index contributed by atoms with van der Waals surface area (Å²) < 4.78 is 18.8. The Morgan fingerprint density at radius 2 is 1.81 bits per heavy atom. The molecule has 132 valence electrons. The molecule has 0 bridgehead atoms. The predicted molar refractivity (Wildman–Crippen MR) is 95.5 cm³/mol. The van der Waals surface area contributed by atoms with Crippen LogP contribution in [0.25, 0.3) is 11.0 Å². The molecule has 0 N–H and O–H groups in total. The van der Waals surface area contributed by atoms with E-state index in [1.807, 2.05) is 18.2 Å². The van der Waals surface area contributed by atoms with Crippen molar-refractivity contribution >= 4 is 16.9 Å². The molecular formula is C20H18FN3O2. The molecule has 0 saturated carbocycles. The van der Waals surface area contributed by atoms with E-state index in [4.69, 9.17) is 4.74 Å². The quantitative estimate of drug-likeness (QED) is 0.725. The summed E-state index contributed by atoms with van der Waals surface area (Å²) in [6, 6.07) is 13.2. The molecule has 1 amide bonds. The molecule has 1 saturated heterocycles. The van der Waals surface area contributed by atoms with Crippen molar-refractivity contribution in [1.29, 1.82) is 0 Å². The monoisotopic (exact) mass is 351 g/mol. The highest BCUT2D eigenvalue weighted by Crippen LogP contribution is 2.20. The number of aromatic nitrogens is 2. The predicted octanol–water partition coefficient (Wildman–Crippen LogP) is 3.45. The Morgan fingerprint density at radius 1 is 1.04 bits per heavy atom. The van der Waals surface area contributed by atoms with Crippen molar-refractivity contribution in [3.05, 3.63) is 66.2 Å². The molecule has 0 atom stereocenters. The largest absolute Gasteiger partial charge is 0.490 e. The van der Waals surface area contributed by atoms with Crippen LogP contribution in [0.3, 0.4) is 0 Å². The van der Waals surface area contributed by atoms with Crippen LogP contribution in [0.2, 0.25) is 0 Å². The number of rotatable bonds is 3. The minimum Gasteiger partial charge on any atom is -0.490 e. The fourth-order valence-electron chi connectivity index (χ4n) is 3.12. The van der Waals surface area contributed by atoms with Crippen LogP contribution in [0.4, 0.5) is 4.39 Å². The molecule has 1 aromatic carbocycles. The van der Waals surface area contributed by atoms with E-state index in [1.54, 1.807) is 29.3 Å². The third-order valence-corrected chi connectivity index (χ3v) is 4.52. The number of ether oxygens (including phenoxy) is 1. The van der Waals surface area contributed by atoms with Crippen molar-refractivity contribution in [2.45, 2.75) is 18.9 Å². The standard InChI is InChI=1S/C20H18FN3O2/c21-14-3-5-15(6-4-14)26-16-9-12-24(13-10-16)20(25)19-8-7-17-18(23-19)2-1-11-22-17/h1-8,11,16H,9-10,12-13H2. The number of carbonyl (C=O) groups excluding carboxylic acids is 1. The van der Waals surface area contributed by atoms with E-state index >= 15 is 0 Å². The lowest BCUT2D eigenvalue weighted by Crippen LogP contribution is -2.42. The summed E-state index contributed by atoms with van der Waals surface area (Å²) >= 11 is 0. The second-order valence-electron chi connectivity index (χ2n) is 6.30. The minimum absolute atomic E-state index is 0.0262. The lowest BCUT2D eigenvalue weighted by molar-refractivity contribution is 0.0590. The van der Waals surface area contributed by atoms with Crippen LogP contribution in [-0.2, 0) is 0 Å². The molecule has 3 aromatic rings. The molecule has 6 heteroatoms. The van der Waals surface area contributed by atoms with Gasteiger partial charge in [0, 0.05) is 32.1 Å². The average molecular weight is 351 g/mol. The Labute approximate surface area is 150 Å². The third-order valence-electron chi connectivity index (χ3n) is 4.52. The smallest absolute Gasteiger partial charge is 0.272 e. The fourth-order valence-corrected chi connectivity index (χ4v) is 3.12. The van der Waals surface area contributed by atoms with Crippen LogP contribution in [0, 0.1) is 5.82 Å². The average Bonchev–Trinajstić information content (AvgIpc) is 2.69. The van der Waals surface area contributed by atoms with Crippen molar-refractivity contribution < 1.29 is 13.9 Å². The Kier molecular flexibility index (Phi) is 4.48. The number of hydrogen-bond donors (Lipinski definition) is 0. The van der Waals surface area contributed by atoms with Crippen molar-refractivity contribution in [2.24, 2.45) is 0 Å². The number of carbonyl (C=O) groups is 1. The van der Waals surface area contributed by atoms with Crippen LogP contribution >= 0.6 is 0 Å². The number of benzene rings is 1. The Morgan fingerprint density at radius 3 is 2.58 bits per heavy atom. The fraction of sp³-hybridized carbons (Fsp3) is 0.250. The molecule has 1 fully saturated rings. The lowest BCUT2D eigenvalue weighted by atomic mass is 10.1. The zero-order valence-corrected chi connectivity index (χ0v) is 14.1. The number of halogens is 1. The normalized spacial score (nSPS) is 15.2. The number of amides is 1. The van der Waals surface area contributed by atoms with E-state index in [2.05, 4.69) is 9.97 Å². The maximum atomic E-state index is 13.0. The van der Waals surface area contributed by atoms with Crippen LogP contribution in [0.1, 0.15) is 23.3 Å². The molecule has 26 heavy (non-hydrogen) atoms. The number of likely N-dealkylation sites (tertiary alicyclic amines) is 1. The number of hydrogen-bond acceptors (Lipinski definition) is 4. The second kappa shape index (κ2) is 7.07. The van der Waals surface area contributed by atoms with E-state index in [9.17, 15) is 9.18 Å². The molecule has 5 nitrogen and oxygen atoms in total. The van der Waals surface area contributed by atoms with Crippen molar-refractivity contribution in [3.63, 3.8) is 0 Å². The summed E-state index contributed by atoms with van der Waals surface area (Å²) in [7, 11) is 0. The van der Waals surface area contributed by atoms with Gasteiger partial charge in [-0.15, -0.1) is 0 Å². The first kappa shape index (κ1) is 16.4. The first-order chi connectivity index (χ1) is 12.7. The molecule has 0 aliphatic carbocycles. The maximum Gasteiger partial charge on any atom is 0.272 e. The van der Waals surface area contributed by atoms with E-state index in [0.29, 0.717) is 30.0 Å². The van der Waals surface area contributed by atoms with Gasteiger partial charge in [0.05, 0.1) is 11.0 Å². The Hall–Kier alpha value is -3.02. The molecule has 3 heterocycles. The van der Waals surface area contributed by atoms with Crippen molar-refractivity contribution in [2.75, 3.05) is 13.1 Å². The van der Waals surface area contributed by atoms with Gasteiger partial charge in [0.25, 0.3) is 5.91 Å². The highest BCUT2D eigenvalue weighted by molar-refractivity contribution is 5.94. The van der Waals surface area contributed by atoms with Gasteiger partial charge < -0.3 is 9.64 Å². The van der Waals surface area contributed by atoms with Crippen molar-refractivity contribution in [3.8, 4) is 5.75 Å². The highest BCUT2D eigenvalue weighted by Gasteiger charge is 2.25. The van der Waals surface area contributed by atoms with Crippen molar-refractivity contribution in [1.82, 2.24) is 14.9 Å². The van der Waals surface area contributed by atoms with E-state index < -0.39 is 0 Å². The highest BCUT2D eigenvalue weighted by atomic mass is 19.1. The molecule has 4 rings (SSSR count). The van der Waals surface area contributed by atoms with Gasteiger partial charge in [-0.05, 0) is 48.5 Å². The van der Waals surface area contributed by atoms with Crippen LogP contribution < -0.4 is 4.74 Å².